The highest BCUT2D eigenvalue weighted by Gasteiger charge is 2.28. The molecule has 6 nitrogen and oxygen atoms in total. The molecule has 3 N–H and O–H groups in total. The van der Waals surface area contributed by atoms with Crippen LogP contribution in [0.3, 0.4) is 0 Å². The second-order valence-corrected chi connectivity index (χ2v) is 6.91. The van der Waals surface area contributed by atoms with Gasteiger partial charge in [0.15, 0.2) is 5.13 Å². The number of hydrogen-bond donors (Lipinski definition) is 2. The van der Waals surface area contributed by atoms with Gasteiger partial charge in [0.05, 0.1) is 16.5 Å². The first-order chi connectivity index (χ1) is 11.5. The third kappa shape index (κ3) is 3.56. The first-order valence-electron chi connectivity index (χ1n) is 7.92. The minimum Gasteiger partial charge on any atom is -0.351 e. The van der Waals surface area contributed by atoms with Crippen molar-refractivity contribution < 1.29 is 9.59 Å². The van der Waals surface area contributed by atoms with Crippen molar-refractivity contribution in [3.63, 3.8) is 0 Å². The number of aromatic nitrogens is 1. The maximum atomic E-state index is 12.5. The van der Waals surface area contributed by atoms with E-state index in [9.17, 15) is 9.59 Å². The summed E-state index contributed by atoms with van der Waals surface area (Å²) < 4.78 is 0. The summed E-state index contributed by atoms with van der Waals surface area (Å²) in [5.74, 6) is -0.343. The van der Waals surface area contributed by atoms with Gasteiger partial charge in [-0.3, -0.25) is 4.79 Å². The molecule has 2 aromatic rings. The van der Waals surface area contributed by atoms with Crippen molar-refractivity contribution >= 4 is 28.4 Å². The van der Waals surface area contributed by atoms with Gasteiger partial charge in [0.1, 0.15) is 0 Å². The molecule has 3 rings (SSSR count). The van der Waals surface area contributed by atoms with E-state index in [0.717, 1.165) is 29.0 Å². The number of anilines is 1. The minimum atomic E-state index is -0.469. The third-order valence-corrected chi connectivity index (χ3v) is 5.29. The molecular weight excluding hydrogens is 324 g/mol. The van der Waals surface area contributed by atoms with Crippen LogP contribution in [0, 0.1) is 12.8 Å². The summed E-state index contributed by atoms with van der Waals surface area (Å²) in [7, 11) is 0. The number of nitrogens with one attached hydrogen (secondary N) is 1. The van der Waals surface area contributed by atoms with Crippen molar-refractivity contribution in [3.05, 3.63) is 36.0 Å². The molecular formula is C17H20N4O2S. The fraction of sp³-hybridized carbons (Fsp3) is 0.353. The second-order valence-electron chi connectivity index (χ2n) is 5.91. The van der Waals surface area contributed by atoms with Crippen molar-refractivity contribution in [1.29, 1.82) is 0 Å². The summed E-state index contributed by atoms with van der Waals surface area (Å²) >= 11 is 1.46. The minimum absolute atomic E-state index is 0.102. The predicted octanol–water partition coefficient (Wildman–Crippen LogP) is 2.85. The number of aryl methyl sites for hydroxylation is 1. The van der Waals surface area contributed by atoms with E-state index in [2.05, 4.69) is 10.3 Å². The Morgan fingerprint density at radius 2 is 2.08 bits per heavy atom. The Hall–Kier alpha value is -2.41. The second kappa shape index (κ2) is 7.00. The maximum absolute atomic E-state index is 12.5. The van der Waals surface area contributed by atoms with Crippen molar-refractivity contribution in [3.8, 4) is 10.4 Å². The van der Waals surface area contributed by atoms with Crippen LogP contribution in [-0.2, 0) is 4.79 Å². The number of rotatable bonds is 3. The van der Waals surface area contributed by atoms with Crippen LogP contribution in [0.25, 0.3) is 10.4 Å². The van der Waals surface area contributed by atoms with Gasteiger partial charge in [-0.25, -0.2) is 9.78 Å². The molecule has 1 fully saturated rings. The van der Waals surface area contributed by atoms with Crippen molar-refractivity contribution in [2.75, 3.05) is 18.4 Å². The van der Waals surface area contributed by atoms with Gasteiger partial charge in [-0.2, -0.15) is 0 Å². The number of primary amides is 1. The fourth-order valence-electron chi connectivity index (χ4n) is 2.91. The summed E-state index contributed by atoms with van der Waals surface area (Å²) in [6.45, 7) is 2.93. The number of benzene rings is 1. The van der Waals surface area contributed by atoms with Gasteiger partial charge in [0.25, 0.3) is 0 Å². The number of amides is 3. The molecule has 0 saturated carbocycles. The maximum Gasteiger partial charge on any atom is 0.314 e. The van der Waals surface area contributed by atoms with Crippen LogP contribution >= 0.6 is 11.3 Å². The fourth-order valence-corrected chi connectivity index (χ4v) is 3.88. The van der Waals surface area contributed by atoms with Crippen molar-refractivity contribution in [2.24, 2.45) is 11.7 Å². The lowest BCUT2D eigenvalue weighted by Gasteiger charge is -2.30. The molecule has 24 heavy (non-hydrogen) atoms. The molecule has 1 aliphatic rings. The van der Waals surface area contributed by atoms with Gasteiger partial charge in [-0.15, -0.1) is 0 Å². The summed E-state index contributed by atoms with van der Waals surface area (Å²) in [5, 5.41) is 3.48. The highest BCUT2D eigenvalue weighted by Crippen LogP contribution is 2.33. The summed E-state index contributed by atoms with van der Waals surface area (Å²) in [6, 6.07) is 9.51. The molecule has 1 aromatic carbocycles. The van der Waals surface area contributed by atoms with E-state index in [0.29, 0.717) is 18.2 Å². The number of hydrogen-bond acceptors (Lipinski definition) is 4. The van der Waals surface area contributed by atoms with Gasteiger partial charge in [0.2, 0.25) is 5.91 Å². The molecule has 1 aromatic heterocycles. The number of urea groups is 1. The highest BCUT2D eigenvalue weighted by atomic mass is 32.1. The molecule has 126 valence electrons. The SMILES string of the molecule is Cc1nc(NC(=O)[C@H]2CCCN(C(N)=O)C2)sc1-c1ccccc1. The van der Waals surface area contributed by atoms with Gasteiger partial charge in [0, 0.05) is 13.1 Å². The lowest BCUT2D eigenvalue weighted by Crippen LogP contribution is -2.46. The Labute approximate surface area is 144 Å². The number of piperidine rings is 1. The molecule has 7 heteroatoms. The monoisotopic (exact) mass is 344 g/mol. The van der Waals surface area contributed by atoms with E-state index >= 15 is 0 Å². The lowest BCUT2D eigenvalue weighted by molar-refractivity contribution is -0.121. The number of carbonyl (C=O) groups is 2. The molecule has 0 radical (unpaired) electrons. The number of nitrogens with zero attached hydrogens (tertiary/aromatic N) is 2. The Kier molecular flexibility index (Phi) is 4.80. The smallest absolute Gasteiger partial charge is 0.314 e. The summed E-state index contributed by atoms with van der Waals surface area (Å²) in [6.07, 6.45) is 1.54. The van der Waals surface area contributed by atoms with Crippen LogP contribution in [0.4, 0.5) is 9.93 Å². The highest BCUT2D eigenvalue weighted by molar-refractivity contribution is 7.19. The molecule has 0 spiro atoms. The van der Waals surface area contributed by atoms with Crippen LogP contribution in [-0.4, -0.2) is 34.9 Å². The quantitative estimate of drug-likeness (QED) is 0.897. The largest absolute Gasteiger partial charge is 0.351 e. The van der Waals surface area contributed by atoms with Crippen LogP contribution in [0.5, 0.6) is 0 Å². The molecule has 0 aliphatic carbocycles. The number of carbonyl (C=O) groups excluding carboxylic acids is 2. The van der Waals surface area contributed by atoms with Gasteiger partial charge in [-0.05, 0) is 25.3 Å². The molecule has 2 heterocycles. The summed E-state index contributed by atoms with van der Waals surface area (Å²) in [4.78, 5) is 30.8. The van der Waals surface area contributed by atoms with Crippen LogP contribution < -0.4 is 11.1 Å². The Balaban J connectivity index is 1.70. The van der Waals surface area contributed by atoms with Crippen LogP contribution in [0.2, 0.25) is 0 Å². The zero-order valence-electron chi connectivity index (χ0n) is 13.5. The Bertz CT molecular complexity index is 744. The zero-order valence-corrected chi connectivity index (χ0v) is 14.3. The zero-order chi connectivity index (χ0) is 17.1. The Morgan fingerprint density at radius 3 is 2.79 bits per heavy atom. The molecule has 3 amide bonds. The van der Waals surface area contributed by atoms with E-state index < -0.39 is 6.03 Å². The van der Waals surface area contributed by atoms with E-state index in [4.69, 9.17) is 5.73 Å². The normalized spacial score (nSPS) is 17.5. The summed E-state index contributed by atoms with van der Waals surface area (Å²) in [5.41, 5.74) is 7.30. The van der Waals surface area contributed by atoms with E-state index in [-0.39, 0.29) is 11.8 Å². The third-order valence-electron chi connectivity index (χ3n) is 4.17. The first kappa shape index (κ1) is 16.4. The van der Waals surface area contributed by atoms with E-state index in [1.165, 1.54) is 16.2 Å². The molecule has 1 aliphatic heterocycles. The number of likely N-dealkylation sites (tertiary alicyclic amines) is 1. The topological polar surface area (TPSA) is 88.3 Å². The predicted molar refractivity (Wildman–Crippen MR) is 94.8 cm³/mol. The lowest BCUT2D eigenvalue weighted by atomic mass is 9.97. The first-order valence-corrected chi connectivity index (χ1v) is 8.74. The Morgan fingerprint density at radius 1 is 1.33 bits per heavy atom. The van der Waals surface area contributed by atoms with Gasteiger partial charge in [-0.1, -0.05) is 41.7 Å². The molecule has 1 atom stereocenters. The average Bonchev–Trinajstić information content (AvgIpc) is 2.96. The van der Waals surface area contributed by atoms with Crippen molar-refractivity contribution in [2.45, 2.75) is 19.8 Å². The van der Waals surface area contributed by atoms with Gasteiger partial charge < -0.3 is 16.0 Å². The standard InChI is InChI=1S/C17H20N4O2S/c1-11-14(12-6-3-2-4-7-12)24-17(19-11)20-15(22)13-8-5-9-21(10-13)16(18)23/h2-4,6-7,13H,5,8-10H2,1H3,(H2,18,23)(H,19,20,22)/t13-/m0/s1. The number of thiazole rings is 1. The van der Waals surface area contributed by atoms with Gasteiger partial charge >= 0.3 is 6.03 Å². The van der Waals surface area contributed by atoms with Crippen molar-refractivity contribution in [1.82, 2.24) is 9.88 Å². The van der Waals surface area contributed by atoms with E-state index in [1.54, 1.807) is 0 Å². The molecule has 1 saturated heterocycles. The number of nitrogens with two attached hydrogens (primary N) is 1. The average molecular weight is 344 g/mol. The molecule has 0 unspecified atom stereocenters. The van der Waals surface area contributed by atoms with Crippen LogP contribution in [0.1, 0.15) is 18.5 Å². The molecule has 0 bridgehead atoms. The van der Waals surface area contributed by atoms with Crippen LogP contribution in [0.15, 0.2) is 30.3 Å². The van der Waals surface area contributed by atoms with E-state index in [1.807, 2.05) is 37.3 Å².